The van der Waals surface area contributed by atoms with Crippen LogP contribution < -0.4 is 5.32 Å². The predicted molar refractivity (Wildman–Crippen MR) is 51.1 cm³/mol. The Kier molecular flexibility index (Phi) is 4.02. The molecule has 0 amide bonds. The van der Waals surface area contributed by atoms with Crippen molar-refractivity contribution in [1.82, 2.24) is 5.32 Å². The summed E-state index contributed by atoms with van der Waals surface area (Å²) in [5.41, 5.74) is 0. The zero-order chi connectivity index (χ0) is 8.97. The SMILES string of the molecule is CC(NC[C@@H](C)O)C1CCCC1. The first-order valence-electron chi connectivity index (χ1n) is 5.11. The van der Waals surface area contributed by atoms with Gasteiger partial charge >= 0.3 is 0 Å². The lowest BCUT2D eigenvalue weighted by Crippen LogP contribution is -2.36. The van der Waals surface area contributed by atoms with Gasteiger partial charge in [-0.15, -0.1) is 0 Å². The van der Waals surface area contributed by atoms with Crippen molar-refractivity contribution >= 4 is 0 Å². The fourth-order valence-corrected chi connectivity index (χ4v) is 1.98. The van der Waals surface area contributed by atoms with E-state index in [1.165, 1.54) is 25.7 Å². The second-order valence-electron chi connectivity index (χ2n) is 4.09. The van der Waals surface area contributed by atoms with Crippen LogP contribution in [0, 0.1) is 5.92 Å². The van der Waals surface area contributed by atoms with E-state index in [0.29, 0.717) is 6.04 Å². The van der Waals surface area contributed by atoms with Crippen LogP contribution in [0.25, 0.3) is 0 Å². The number of aliphatic hydroxyl groups is 1. The molecule has 0 saturated heterocycles. The number of hydrogen-bond acceptors (Lipinski definition) is 2. The van der Waals surface area contributed by atoms with E-state index in [4.69, 9.17) is 5.11 Å². The molecule has 0 spiro atoms. The highest BCUT2D eigenvalue weighted by atomic mass is 16.3. The van der Waals surface area contributed by atoms with Crippen LogP contribution >= 0.6 is 0 Å². The molecule has 1 fully saturated rings. The van der Waals surface area contributed by atoms with Crippen LogP contribution in [0.4, 0.5) is 0 Å². The van der Waals surface area contributed by atoms with Gasteiger partial charge < -0.3 is 10.4 Å². The normalized spacial score (nSPS) is 24.2. The highest BCUT2D eigenvalue weighted by Crippen LogP contribution is 2.27. The van der Waals surface area contributed by atoms with E-state index in [-0.39, 0.29) is 6.10 Å². The molecule has 1 unspecified atom stereocenters. The minimum Gasteiger partial charge on any atom is -0.392 e. The molecule has 0 bridgehead atoms. The van der Waals surface area contributed by atoms with Gasteiger partial charge in [0.05, 0.1) is 6.10 Å². The molecule has 0 heterocycles. The first-order chi connectivity index (χ1) is 5.70. The summed E-state index contributed by atoms with van der Waals surface area (Å²) in [6.07, 6.45) is 5.31. The van der Waals surface area contributed by atoms with Gasteiger partial charge in [0.25, 0.3) is 0 Å². The van der Waals surface area contributed by atoms with Gasteiger partial charge in [0.1, 0.15) is 0 Å². The van der Waals surface area contributed by atoms with Crippen LogP contribution in [0.1, 0.15) is 39.5 Å². The number of rotatable bonds is 4. The smallest absolute Gasteiger partial charge is 0.0636 e. The van der Waals surface area contributed by atoms with Gasteiger partial charge in [0.2, 0.25) is 0 Å². The van der Waals surface area contributed by atoms with Gasteiger partial charge in [0.15, 0.2) is 0 Å². The Morgan fingerprint density at radius 1 is 1.33 bits per heavy atom. The summed E-state index contributed by atoms with van der Waals surface area (Å²) < 4.78 is 0. The monoisotopic (exact) mass is 171 g/mol. The van der Waals surface area contributed by atoms with Crippen molar-refractivity contribution in [3.05, 3.63) is 0 Å². The molecule has 2 heteroatoms. The molecule has 0 aliphatic heterocycles. The van der Waals surface area contributed by atoms with E-state index < -0.39 is 0 Å². The first kappa shape index (κ1) is 10.0. The Morgan fingerprint density at radius 2 is 1.92 bits per heavy atom. The van der Waals surface area contributed by atoms with Crippen LogP contribution in [-0.4, -0.2) is 23.8 Å². The Labute approximate surface area is 75.4 Å². The Hall–Kier alpha value is -0.0800. The Balaban J connectivity index is 2.13. The standard InChI is InChI=1S/C10H21NO/c1-8(12)7-11-9(2)10-5-3-4-6-10/h8-12H,3-7H2,1-2H3/t8-,9?/m1/s1. The van der Waals surface area contributed by atoms with Crippen molar-refractivity contribution in [1.29, 1.82) is 0 Å². The highest BCUT2D eigenvalue weighted by molar-refractivity contribution is 4.77. The molecule has 2 nitrogen and oxygen atoms in total. The van der Waals surface area contributed by atoms with Crippen molar-refractivity contribution in [3.63, 3.8) is 0 Å². The van der Waals surface area contributed by atoms with Gasteiger partial charge in [-0.3, -0.25) is 0 Å². The van der Waals surface area contributed by atoms with Gasteiger partial charge in [-0.1, -0.05) is 12.8 Å². The summed E-state index contributed by atoms with van der Waals surface area (Å²) in [5, 5.41) is 12.5. The van der Waals surface area contributed by atoms with E-state index in [1.54, 1.807) is 0 Å². The van der Waals surface area contributed by atoms with Crippen molar-refractivity contribution in [2.75, 3.05) is 6.54 Å². The fourth-order valence-electron chi connectivity index (χ4n) is 1.98. The summed E-state index contributed by atoms with van der Waals surface area (Å²) >= 11 is 0. The summed E-state index contributed by atoms with van der Waals surface area (Å²) in [5.74, 6) is 0.851. The summed E-state index contributed by atoms with van der Waals surface area (Å²) in [6.45, 7) is 4.80. The summed E-state index contributed by atoms with van der Waals surface area (Å²) in [6, 6.07) is 0.585. The lowest BCUT2D eigenvalue weighted by molar-refractivity contribution is 0.181. The highest BCUT2D eigenvalue weighted by Gasteiger charge is 2.20. The Morgan fingerprint density at radius 3 is 2.42 bits per heavy atom. The lowest BCUT2D eigenvalue weighted by Gasteiger charge is -2.21. The molecule has 0 radical (unpaired) electrons. The van der Waals surface area contributed by atoms with Crippen LogP contribution in [0.2, 0.25) is 0 Å². The molecule has 0 aromatic rings. The third-order valence-electron chi connectivity index (χ3n) is 2.84. The second kappa shape index (κ2) is 4.83. The molecule has 72 valence electrons. The first-order valence-corrected chi connectivity index (χ1v) is 5.11. The fraction of sp³-hybridized carbons (Fsp3) is 1.00. The topological polar surface area (TPSA) is 32.3 Å². The Bertz CT molecular complexity index is 119. The van der Waals surface area contributed by atoms with Gasteiger partial charge in [0, 0.05) is 12.6 Å². The van der Waals surface area contributed by atoms with Crippen molar-refractivity contribution in [2.45, 2.75) is 51.7 Å². The number of nitrogens with one attached hydrogen (secondary N) is 1. The molecule has 2 atom stereocenters. The van der Waals surface area contributed by atoms with E-state index >= 15 is 0 Å². The maximum absolute atomic E-state index is 9.08. The quantitative estimate of drug-likeness (QED) is 0.672. The lowest BCUT2D eigenvalue weighted by atomic mass is 10.00. The molecule has 1 aliphatic carbocycles. The average Bonchev–Trinajstić information content (AvgIpc) is 2.51. The predicted octanol–water partition coefficient (Wildman–Crippen LogP) is 1.54. The number of aliphatic hydroxyl groups excluding tert-OH is 1. The summed E-state index contributed by atoms with van der Waals surface area (Å²) in [7, 11) is 0. The summed E-state index contributed by atoms with van der Waals surface area (Å²) in [4.78, 5) is 0. The molecule has 1 saturated carbocycles. The average molecular weight is 171 g/mol. The largest absolute Gasteiger partial charge is 0.392 e. The zero-order valence-electron chi connectivity index (χ0n) is 8.21. The van der Waals surface area contributed by atoms with Crippen molar-refractivity contribution in [2.24, 2.45) is 5.92 Å². The second-order valence-corrected chi connectivity index (χ2v) is 4.09. The molecule has 0 aromatic heterocycles. The molecule has 1 aliphatic rings. The van der Waals surface area contributed by atoms with Gasteiger partial charge in [-0.25, -0.2) is 0 Å². The van der Waals surface area contributed by atoms with Crippen LogP contribution in [0.3, 0.4) is 0 Å². The molecular weight excluding hydrogens is 150 g/mol. The minimum absolute atomic E-state index is 0.214. The molecule has 12 heavy (non-hydrogen) atoms. The van der Waals surface area contributed by atoms with E-state index in [0.717, 1.165) is 12.5 Å². The van der Waals surface area contributed by atoms with E-state index in [2.05, 4.69) is 12.2 Å². The van der Waals surface area contributed by atoms with Crippen molar-refractivity contribution < 1.29 is 5.11 Å². The minimum atomic E-state index is -0.214. The van der Waals surface area contributed by atoms with Crippen LogP contribution in [0.15, 0.2) is 0 Å². The zero-order valence-corrected chi connectivity index (χ0v) is 8.21. The molecule has 1 rings (SSSR count). The van der Waals surface area contributed by atoms with Crippen LogP contribution in [-0.2, 0) is 0 Å². The molecule has 2 N–H and O–H groups in total. The molecular formula is C10H21NO. The van der Waals surface area contributed by atoms with Crippen LogP contribution in [0.5, 0.6) is 0 Å². The van der Waals surface area contributed by atoms with Gasteiger partial charge in [-0.05, 0) is 32.6 Å². The van der Waals surface area contributed by atoms with E-state index in [1.807, 2.05) is 6.92 Å². The maximum atomic E-state index is 9.08. The maximum Gasteiger partial charge on any atom is 0.0636 e. The third-order valence-corrected chi connectivity index (χ3v) is 2.84. The third kappa shape index (κ3) is 3.11. The number of hydrogen-bond donors (Lipinski definition) is 2. The van der Waals surface area contributed by atoms with Gasteiger partial charge in [-0.2, -0.15) is 0 Å². The molecule has 0 aromatic carbocycles. The van der Waals surface area contributed by atoms with E-state index in [9.17, 15) is 0 Å². The van der Waals surface area contributed by atoms with Crippen molar-refractivity contribution in [3.8, 4) is 0 Å².